The number of carbonyl (C=O) groups excluding carboxylic acids is 1. The lowest BCUT2D eigenvalue weighted by molar-refractivity contribution is -0.129. The number of carbonyl (C=O) groups is 1. The fraction of sp³-hybridized carbons (Fsp3) is 0.400. The van der Waals surface area contributed by atoms with Crippen LogP contribution in [0.25, 0.3) is 0 Å². The second-order valence-electron chi connectivity index (χ2n) is 6.68. The van der Waals surface area contributed by atoms with Crippen molar-refractivity contribution in [2.45, 2.75) is 20.8 Å². The molecule has 1 amide bonds. The summed E-state index contributed by atoms with van der Waals surface area (Å²) in [4.78, 5) is 21.1. The highest BCUT2D eigenvalue weighted by atomic mass is 16.2. The Bertz CT molecular complexity index is 714. The molecule has 1 saturated heterocycles. The van der Waals surface area contributed by atoms with Crippen molar-refractivity contribution >= 4 is 17.4 Å². The summed E-state index contributed by atoms with van der Waals surface area (Å²) in [6, 6.07) is 10.2. The minimum atomic E-state index is 0.153. The number of aromatic nitrogens is 1. The van der Waals surface area contributed by atoms with Gasteiger partial charge < -0.3 is 15.1 Å². The third-order valence-electron chi connectivity index (χ3n) is 4.70. The third kappa shape index (κ3) is 4.10. The van der Waals surface area contributed by atoms with E-state index in [0.29, 0.717) is 6.54 Å². The Kier molecular flexibility index (Phi) is 5.22. The van der Waals surface area contributed by atoms with E-state index in [2.05, 4.69) is 48.1 Å². The summed E-state index contributed by atoms with van der Waals surface area (Å²) in [5, 5.41) is 3.33. The van der Waals surface area contributed by atoms with Crippen LogP contribution in [0.4, 0.5) is 11.5 Å². The Morgan fingerprint density at radius 3 is 2.36 bits per heavy atom. The molecule has 0 bridgehead atoms. The zero-order valence-electron chi connectivity index (χ0n) is 15.2. The molecule has 0 radical (unpaired) electrons. The van der Waals surface area contributed by atoms with E-state index < -0.39 is 0 Å². The Labute approximate surface area is 149 Å². The number of nitrogens with one attached hydrogen (secondary N) is 1. The van der Waals surface area contributed by atoms with Crippen molar-refractivity contribution in [1.82, 2.24) is 9.88 Å². The van der Waals surface area contributed by atoms with Gasteiger partial charge in [-0.3, -0.25) is 4.79 Å². The summed E-state index contributed by atoms with van der Waals surface area (Å²) in [7, 11) is 0. The van der Waals surface area contributed by atoms with Crippen LogP contribution in [-0.2, 0) is 4.79 Å². The molecule has 2 heterocycles. The van der Waals surface area contributed by atoms with Crippen LogP contribution in [0.1, 0.15) is 16.7 Å². The summed E-state index contributed by atoms with van der Waals surface area (Å²) >= 11 is 0. The van der Waals surface area contributed by atoms with Crippen molar-refractivity contribution < 1.29 is 4.79 Å². The summed E-state index contributed by atoms with van der Waals surface area (Å²) < 4.78 is 0. The van der Waals surface area contributed by atoms with Gasteiger partial charge in [0, 0.05) is 38.1 Å². The van der Waals surface area contributed by atoms with Gasteiger partial charge in [0.15, 0.2) is 0 Å². The molecule has 1 N–H and O–H groups in total. The maximum atomic E-state index is 12.5. The highest BCUT2D eigenvalue weighted by molar-refractivity contribution is 5.81. The molecule has 132 valence electrons. The van der Waals surface area contributed by atoms with E-state index in [1.54, 1.807) is 0 Å². The van der Waals surface area contributed by atoms with E-state index in [4.69, 9.17) is 0 Å². The van der Waals surface area contributed by atoms with Gasteiger partial charge in [0.1, 0.15) is 5.82 Å². The molecular formula is C20H26N4O. The second kappa shape index (κ2) is 7.55. The topological polar surface area (TPSA) is 48.5 Å². The van der Waals surface area contributed by atoms with Crippen molar-refractivity contribution in [2.75, 3.05) is 42.9 Å². The van der Waals surface area contributed by atoms with E-state index >= 15 is 0 Å². The molecule has 1 aliphatic rings. The second-order valence-corrected chi connectivity index (χ2v) is 6.68. The monoisotopic (exact) mass is 338 g/mol. The van der Waals surface area contributed by atoms with Crippen LogP contribution in [0, 0.1) is 20.8 Å². The minimum absolute atomic E-state index is 0.153. The number of rotatable bonds is 4. The lowest BCUT2D eigenvalue weighted by Gasteiger charge is -2.35. The number of piperazine rings is 1. The van der Waals surface area contributed by atoms with Crippen LogP contribution >= 0.6 is 0 Å². The number of hydrogen-bond donors (Lipinski definition) is 1. The molecule has 1 aromatic carbocycles. The molecule has 0 aliphatic carbocycles. The van der Waals surface area contributed by atoms with Gasteiger partial charge in [-0.05, 0) is 44.0 Å². The SMILES string of the molecule is Cc1cc(C)c(NCC(=O)N2CCN(c3ccccn3)CC2)c(C)c1. The van der Waals surface area contributed by atoms with Crippen LogP contribution in [0.5, 0.6) is 0 Å². The van der Waals surface area contributed by atoms with Gasteiger partial charge in [0.05, 0.1) is 6.54 Å². The summed E-state index contributed by atoms with van der Waals surface area (Å²) in [6.07, 6.45) is 1.81. The predicted molar refractivity (Wildman–Crippen MR) is 102 cm³/mol. The van der Waals surface area contributed by atoms with Gasteiger partial charge in [0.25, 0.3) is 0 Å². The smallest absolute Gasteiger partial charge is 0.241 e. The Hall–Kier alpha value is -2.56. The largest absolute Gasteiger partial charge is 0.376 e. The fourth-order valence-corrected chi connectivity index (χ4v) is 3.46. The third-order valence-corrected chi connectivity index (χ3v) is 4.70. The number of benzene rings is 1. The van der Waals surface area contributed by atoms with Gasteiger partial charge in [-0.2, -0.15) is 0 Å². The van der Waals surface area contributed by atoms with Gasteiger partial charge in [-0.1, -0.05) is 23.8 Å². The van der Waals surface area contributed by atoms with Crippen molar-refractivity contribution in [1.29, 1.82) is 0 Å². The van der Waals surface area contributed by atoms with Gasteiger partial charge in [-0.15, -0.1) is 0 Å². The first-order chi connectivity index (χ1) is 12.0. The zero-order chi connectivity index (χ0) is 17.8. The molecule has 5 heteroatoms. The fourth-order valence-electron chi connectivity index (χ4n) is 3.46. The van der Waals surface area contributed by atoms with Crippen LogP contribution in [0.2, 0.25) is 0 Å². The number of pyridine rings is 1. The van der Waals surface area contributed by atoms with Crippen molar-refractivity contribution in [3.63, 3.8) is 0 Å². The Morgan fingerprint density at radius 1 is 1.08 bits per heavy atom. The average molecular weight is 338 g/mol. The number of amides is 1. The molecule has 1 aliphatic heterocycles. The normalized spacial score (nSPS) is 14.5. The van der Waals surface area contributed by atoms with Crippen LogP contribution in [0.3, 0.4) is 0 Å². The minimum Gasteiger partial charge on any atom is -0.376 e. The van der Waals surface area contributed by atoms with Crippen LogP contribution in [0.15, 0.2) is 36.5 Å². The van der Waals surface area contributed by atoms with Crippen LogP contribution < -0.4 is 10.2 Å². The summed E-state index contributed by atoms with van der Waals surface area (Å²) in [5.41, 5.74) is 4.69. The number of nitrogens with zero attached hydrogens (tertiary/aromatic N) is 3. The first-order valence-corrected chi connectivity index (χ1v) is 8.80. The summed E-state index contributed by atoms with van der Waals surface area (Å²) in [6.45, 7) is 9.73. The quantitative estimate of drug-likeness (QED) is 0.931. The standard InChI is InChI=1S/C20H26N4O/c1-15-12-16(2)20(17(3)13-15)22-14-19(25)24-10-8-23(9-11-24)18-6-4-5-7-21-18/h4-7,12-13,22H,8-11,14H2,1-3H3. The van der Waals surface area contributed by atoms with Crippen molar-refractivity contribution in [2.24, 2.45) is 0 Å². The van der Waals surface area contributed by atoms with E-state index in [1.165, 1.54) is 16.7 Å². The highest BCUT2D eigenvalue weighted by Crippen LogP contribution is 2.21. The van der Waals surface area contributed by atoms with E-state index in [0.717, 1.165) is 37.7 Å². The molecule has 1 aromatic heterocycles. The van der Waals surface area contributed by atoms with Crippen molar-refractivity contribution in [3.8, 4) is 0 Å². The first kappa shape index (κ1) is 17.3. The molecule has 5 nitrogen and oxygen atoms in total. The van der Waals surface area contributed by atoms with E-state index in [1.807, 2.05) is 29.3 Å². The molecule has 0 unspecified atom stereocenters. The number of aryl methyl sites for hydroxylation is 3. The lowest BCUT2D eigenvalue weighted by atomic mass is 10.1. The molecule has 0 spiro atoms. The summed E-state index contributed by atoms with van der Waals surface area (Å²) in [5.74, 6) is 1.14. The molecule has 25 heavy (non-hydrogen) atoms. The average Bonchev–Trinajstić information content (AvgIpc) is 2.61. The molecule has 1 fully saturated rings. The molecule has 3 rings (SSSR count). The number of anilines is 2. The van der Waals surface area contributed by atoms with Gasteiger partial charge >= 0.3 is 0 Å². The highest BCUT2D eigenvalue weighted by Gasteiger charge is 2.21. The lowest BCUT2D eigenvalue weighted by Crippen LogP contribution is -2.50. The maximum absolute atomic E-state index is 12.5. The molecule has 0 atom stereocenters. The molecular weight excluding hydrogens is 312 g/mol. The maximum Gasteiger partial charge on any atom is 0.241 e. The van der Waals surface area contributed by atoms with E-state index in [9.17, 15) is 4.79 Å². The predicted octanol–water partition coefficient (Wildman–Crippen LogP) is 2.77. The van der Waals surface area contributed by atoms with Gasteiger partial charge in [-0.25, -0.2) is 4.98 Å². The molecule has 2 aromatic rings. The first-order valence-electron chi connectivity index (χ1n) is 8.80. The Balaban J connectivity index is 1.53. The van der Waals surface area contributed by atoms with Gasteiger partial charge in [0.2, 0.25) is 5.91 Å². The zero-order valence-corrected chi connectivity index (χ0v) is 15.2. The number of hydrogen-bond acceptors (Lipinski definition) is 4. The van der Waals surface area contributed by atoms with E-state index in [-0.39, 0.29) is 5.91 Å². The van der Waals surface area contributed by atoms with Crippen LogP contribution in [-0.4, -0.2) is 48.5 Å². The Morgan fingerprint density at radius 2 is 1.76 bits per heavy atom. The van der Waals surface area contributed by atoms with Crippen molar-refractivity contribution in [3.05, 3.63) is 53.2 Å². The molecule has 0 saturated carbocycles.